The van der Waals surface area contributed by atoms with Crippen LogP contribution in [0.1, 0.15) is 12.7 Å². The number of aromatic nitrogens is 1. The molecule has 0 radical (unpaired) electrons. The van der Waals surface area contributed by atoms with Gasteiger partial charge in [0.05, 0.1) is 16.5 Å². The lowest BCUT2D eigenvalue weighted by Crippen LogP contribution is -2.17. The third kappa shape index (κ3) is 2.99. The molecule has 1 aromatic carbocycles. The van der Waals surface area contributed by atoms with Crippen LogP contribution in [0.4, 0.5) is 5.69 Å². The molecule has 20 heavy (non-hydrogen) atoms. The van der Waals surface area contributed by atoms with Crippen molar-refractivity contribution in [3.63, 3.8) is 0 Å². The van der Waals surface area contributed by atoms with E-state index in [1.165, 1.54) is 4.70 Å². The van der Waals surface area contributed by atoms with E-state index in [2.05, 4.69) is 41.7 Å². The van der Waals surface area contributed by atoms with Gasteiger partial charge in [0.15, 0.2) is 4.34 Å². The minimum atomic E-state index is 0.326. The van der Waals surface area contributed by atoms with Crippen LogP contribution >= 0.6 is 23.1 Å². The number of furan rings is 1. The predicted molar refractivity (Wildman–Crippen MR) is 86.9 cm³/mol. The van der Waals surface area contributed by atoms with Crippen LogP contribution in [0.3, 0.4) is 0 Å². The first-order valence-corrected chi connectivity index (χ1v) is 8.52. The number of hydrogen-bond acceptors (Lipinski definition) is 5. The first-order chi connectivity index (χ1) is 9.74. The molecule has 0 bridgehead atoms. The molecule has 0 aliphatic carbocycles. The molecule has 1 atom stereocenters. The molecular formula is C15H16N2OS2. The third-order valence-corrected chi connectivity index (χ3v) is 5.05. The topological polar surface area (TPSA) is 38.1 Å². The Morgan fingerprint density at radius 2 is 2.30 bits per heavy atom. The molecule has 1 N–H and O–H groups in total. The fourth-order valence-corrected chi connectivity index (χ4v) is 3.68. The number of thioether (sulfide) groups is 1. The van der Waals surface area contributed by atoms with Crippen LogP contribution in [0.25, 0.3) is 10.2 Å². The molecule has 5 heteroatoms. The van der Waals surface area contributed by atoms with Crippen LogP contribution in [0.5, 0.6) is 0 Å². The van der Waals surface area contributed by atoms with Gasteiger partial charge in [0, 0.05) is 18.2 Å². The summed E-state index contributed by atoms with van der Waals surface area (Å²) in [6, 6.07) is 10.6. The van der Waals surface area contributed by atoms with Crippen LogP contribution in [0.2, 0.25) is 0 Å². The summed E-state index contributed by atoms with van der Waals surface area (Å²) in [5.41, 5.74) is 2.21. The van der Waals surface area contributed by atoms with Gasteiger partial charge in [-0.15, -0.1) is 11.3 Å². The molecule has 0 amide bonds. The quantitative estimate of drug-likeness (QED) is 0.696. The van der Waals surface area contributed by atoms with Gasteiger partial charge in [-0.05, 0) is 43.5 Å². The maximum atomic E-state index is 5.38. The second kappa shape index (κ2) is 5.89. The Kier molecular flexibility index (Phi) is 3.98. The van der Waals surface area contributed by atoms with Crippen molar-refractivity contribution < 1.29 is 4.42 Å². The molecule has 104 valence electrons. The molecule has 1 unspecified atom stereocenters. The van der Waals surface area contributed by atoms with Crippen LogP contribution < -0.4 is 5.32 Å². The van der Waals surface area contributed by atoms with E-state index in [4.69, 9.17) is 4.42 Å². The number of thiazole rings is 1. The predicted octanol–water partition coefficient (Wildman–Crippen LogP) is 4.65. The number of anilines is 1. The molecule has 0 saturated heterocycles. The molecule has 0 aliphatic rings. The first kappa shape index (κ1) is 13.5. The zero-order valence-electron chi connectivity index (χ0n) is 11.4. The van der Waals surface area contributed by atoms with Crippen LogP contribution in [0.15, 0.2) is 45.4 Å². The highest BCUT2D eigenvalue weighted by atomic mass is 32.2. The fourth-order valence-electron chi connectivity index (χ4n) is 2.15. The van der Waals surface area contributed by atoms with E-state index in [0.717, 1.165) is 27.7 Å². The molecule has 0 spiro atoms. The van der Waals surface area contributed by atoms with E-state index >= 15 is 0 Å². The van der Waals surface area contributed by atoms with Crippen molar-refractivity contribution in [1.82, 2.24) is 4.98 Å². The van der Waals surface area contributed by atoms with E-state index < -0.39 is 0 Å². The van der Waals surface area contributed by atoms with Gasteiger partial charge in [-0.25, -0.2) is 4.98 Å². The number of hydrogen-bond donors (Lipinski definition) is 1. The fraction of sp³-hybridized carbons (Fsp3) is 0.267. The molecule has 0 saturated carbocycles. The maximum absolute atomic E-state index is 5.38. The molecule has 3 aromatic rings. The summed E-state index contributed by atoms with van der Waals surface area (Å²) < 4.78 is 7.72. The Hall–Kier alpha value is -1.46. The minimum absolute atomic E-state index is 0.326. The monoisotopic (exact) mass is 304 g/mol. The normalized spacial score (nSPS) is 12.7. The van der Waals surface area contributed by atoms with E-state index in [9.17, 15) is 0 Å². The van der Waals surface area contributed by atoms with Crippen LogP contribution in [-0.2, 0) is 6.42 Å². The smallest absolute Gasteiger partial charge is 0.150 e. The van der Waals surface area contributed by atoms with Crippen molar-refractivity contribution >= 4 is 39.0 Å². The SMILES string of the molecule is CSc1nc2ccc(NC(C)Cc3ccco3)cc2s1. The van der Waals surface area contributed by atoms with Gasteiger partial charge in [0.25, 0.3) is 0 Å². The number of nitrogens with one attached hydrogen (secondary N) is 1. The highest BCUT2D eigenvalue weighted by molar-refractivity contribution is 8.00. The maximum Gasteiger partial charge on any atom is 0.150 e. The summed E-state index contributed by atoms with van der Waals surface area (Å²) in [4.78, 5) is 4.55. The Balaban J connectivity index is 1.73. The van der Waals surface area contributed by atoms with Gasteiger partial charge in [-0.3, -0.25) is 0 Å². The van der Waals surface area contributed by atoms with Crippen molar-refractivity contribution in [2.75, 3.05) is 11.6 Å². The molecule has 0 aliphatic heterocycles. The van der Waals surface area contributed by atoms with E-state index in [1.807, 2.05) is 12.1 Å². The lowest BCUT2D eigenvalue weighted by molar-refractivity contribution is 0.498. The van der Waals surface area contributed by atoms with Crippen molar-refractivity contribution in [3.05, 3.63) is 42.4 Å². The lowest BCUT2D eigenvalue weighted by Gasteiger charge is -2.13. The lowest BCUT2D eigenvalue weighted by atomic mass is 10.2. The highest BCUT2D eigenvalue weighted by Gasteiger charge is 2.08. The summed E-state index contributed by atoms with van der Waals surface area (Å²) >= 11 is 3.43. The largest absolute Gasteiger partial charge is 0.469 e. The second-order valence-corrected chi connectivity index (χ2v) is 6.78. The summed E-state index contributed by atoms with van der Waals surface area (Å²) in [5.74, 6) is 1.01. The Labute approximate surface area is 126 Å². The first-order valence-electron chi connectivity index (χ1n) is 6.48. The van der Waals surface area contributed by atoms with Gasteiger partial charge in [0.1, 0.15) is 5.76 Å². The molecule has 0 fully saturated rings. The number of rotatable bonds is 5. The zero-order valence-corrected chi connectivity index (χ0v) is 13.1. The Bertz CT molecular complexity index is 691. The van der Waals surface area contributed by atoms with Crippen molar-refractivity contribution in [2.45, 2.75) is 23.7 Å². The van der Waals surface area contributed by atoms with Gasteiger partial charge in [-0.2, -0.15) is 0 Å². The van der Waals surface area contributed by atoms with Gasteiger partial charge >= 0.3 is 0 Å². The third-order valence-electron chi connectivity index (χ3n) is 3.04. The average Bonchev–Trinajstić information content (AvgIpc) is 3.06. The average molecular weight is 304 g/mol. The summed E-state index contributed by atoms with van der Waals surface area (Å²) in [5, 5.41) is 3.51. The second-order valence-electron chi connectivity index (χ2n) is 4.70. The van der Waals surface area contributed by atoms with Crippen molar-refractivity contribution in [2.24, 2.45) is 0 Å². The van der Waals surface area contributed by atoms with Crippen molar-refractivity contribution in [1.29, 1.82) is 0 Å². The van der Waals surface area contributed by atoms with E-state index in [0.29, 0.717) is 6.04 Å². The highest BCUT2D eigenvalue weighted by Crippen LogP contribution is 2.30. The molecule has 2 heterocycles. The summed E-state index contributed by atoms with van der Waals surface area (Å²) in [6.07, 6.45) is 4.65. The minimum Gasteiger partial charge on any atom is -0.469 e. The zero-order chi connectivity index (χ0) is 13.9. The summed E-state index contributed by atoms with van der Waals surface area (Å²) in [6.45, 7) is 2.16. The number of nitrogens with zero attached hydrogens (tertiary/aromatic N) is 1. The standard InChI is InChI=1S/C15H16N2OS2/c1-10(8-12-4-3-7-18-12)16-11-5-6-13-14(9-11)20-15(17-13)19-2/h3-7,9-10,16H,8H2,1-2H3. The molecule has 3 nitrogen and oxygen atoms in total. The van der Waals surface area contributed by atoms with Gasteiger partial charge < -0.3 is 9.73 Å². The molecule has 3 rings (SSSR count). The Morgan fingerprint density at radius 1 is 1.40 bits per heavy atom. The van der Waals surface area contributed by atoms with Crippen LogP contribution in [0, 0.1) is 0 Å². The molecular weight excluding hydrogens is 288 g/mol. The van der Waals surface area contributed by atoms with E-state index in [1.54, 1.807) is 29.4 Å². The number of fused-ring (bicyclic) bond motifs is 1. The van der Waals surface area contributed by atoms with Crippen LogP contribution in [-0.4, -0.2) is 17.3 Å². The summed E-state index contributed by atoms with van der Waals surface area (Å²) in [7, 11) is 0. The number of benzene rings is 1. The Morgan fingerprint density at radius 3 is 3.05 bits per heavy atom. The van der Waals surface area contributed by atoms with Crippen molar-refractivity contribution in [3.8, 4) is 0 Å². The van der Waals surface area contributed by atoms with Gasteiger partial charge in [-0.1, -0.05) is 11.8 Å². The van der Waals surface area contributed by atoms with Gasteiger partial charge in [0.2, 0.25) is 0 Å². The molecule has 2 aromatic heterocycles. The van der Waals surface area contributed by atoms with E-state index in [-0.39, 0.29) is 0 Å².